The number of carbonyl (C=O) groups excluding carboxylic acids is 1. The van der Waals surface area contributed by atoms with E-state index in [2.05, 4.69) is 24.1 Å². The minimum atomic E-state index is 0.00255. The van der Waals surface area contributed by atoms with E-state index >= 15 is 0 Å². The molecule has 1 unspecified atom stereocenters. The quantitative estimate of drug-likeness (QED) is 0.833. The van der Waals surface area contributed by atoms with Gasteiger partial charge in [0.05, 0.1) is 5.56 Å². The molecule has 1 atom stereocenters. The summed E-state index contributed by atoms with van der Waals surface area (Å²) < 4.78 is 0. The standard InChI is InChI=1S/C14H18N2O/c1-3-10(2)8-16-14(17)12-9-15-13-7-5-4-6-11(12)13/h4-7,9-10,15H,3,8H2,1-2H3,(H,16,17). The van der Waals surface area contributed by atoms with Gasteiger partial charge in [-0.1, -0.05) is 38.5 Å². The first kappa shape index (κ1) is 11.7. The lowest BCUT2D eigenvalue weighted by atomic mass is 10.1. The number of para-hydroxylation sites is 1. The van der Waals surface area contributed by atoms with Crippen LogP contribution in [0.5, 0.6) is 0 Å². The molecule has 3 heteroatoms. The molecule has 0 fully saturated rings. The number of hydrogen-bond donors (Lipinski definition) is 2. The molecule has 0 bridgehead atoms. The first-order chi connectivity index (χ1) is 8.22. The van der Waals surface area contributed by atoms with Crippen LogP contribution in [0.15, 0.2) is 30.5 Å². The number of aromatic amines is 1. The molecule has 1 aromatic heterocycles. The highest BCUT2D eigenvalue weighted by Crippen LogP contribution is 2.17. The summed E-state index contributed by atoms with van der Waals surface area (Å²) in [5.74, 6) is 0.520. The van der Waals surface area contributed by atoms with Crippen LogP contribution in [0.25, 0.3) is 10.9 Å². The zero-order valence-corrected chi connectivity index (χ0v) is 10.3. The van der Waals surface area contributed by atoms with E-state index in [0.717, 1.165) is 29.4 Å². The van der Waals surface area contributed by atoms with Crippen LogP contribution in [0.2, 0.25) is 0 Å². The monoisotopic (exact) mass is 230 g/mol. The van der Waals surface area contributed by atoms with Crippen LogP contribution < -0.4 is 5.32 Å². The average Bonchev–Trinajstić information content (AvgIpc) is 2.79. The number of carbonyl (C=O) groups is 1. The maximum absolute atomic E-state index is 12.0. The predicted molar refractivity (Wildman–Crippen MR) is 70.1 cm³/mol. The highest BCUT2D eigenvalue weighted by atomic mass is 16.1. The lowest BCUT2D eigenvalue weighted by Crippen LogP contribution is -2.27. The van der Waals surface area contributed by atoms with Crippen LogP contribution in [0, 0.1) is 5.92 Å². The molecule has 0 aliphatic carbocycles. The normalized spacial score (nSPS) is 12.6. The van der Waals surface area contributed by atoms with E-state index in [1.165, 1.54) is 0 Å². The molecule has 2 aromatic rings. The highest BCUT2D eigenvalue weighted by Gasteiger charge is 2.11. The third kappa shape index (κ3) is 2.49. The Morgan fingerprint density at radius 3 is 2.94 bits per heavy atom. The molecule has 1 aromatic carbocycles. The van der Waals surface area contributed by atoms with Crippen molar-refractivity contribution in [3.05, 3.63) is 36.0 Å². The first-order valence-electron chi connectivity index (χ1n) is 6.06. The van der Waals surface area contributed by atoms with Gasteiger partial charge in [-0.2, -0.15) is 0 Å². The zero-order chi connectivity index (χ0) is 12.3. The van der Waals surface area contributed by atoms with Crippen molar-refractivity contribution in [3.63, 3.8) is 0 Å². The maximum Gasteiger partial charge on any atom is 0.253 e. The van der Waals surface area contributed by atoms with Crippen molar-refractivity contribution >= 4 is 16.8 Å². The second-order valence-electron chi connectivity index (χ2n) is 4.47. The Kier molecular flexibility index (Phi) is 3.47. The van der Waals surface area contributed by atoms with Crippen molar-refractivity contribution in [2.75, 3.05) is 6.54 Å². The lowest BCUT2D eigenvalue weighted by molar-refractivity contribution is 0.0949. The predicted octanol–water partition coefficient (Wildman–Crippen LogP) is 2.94. The molecule has 0 saturated carbocycles. The summed E-state index contributed by atoms with van der Waals surface area (Å²) >= 11 is 0. The third-order valence-corrected chi connectivity index (χ3v) is 3.14. The lowest BCUT2D eigenvalue weighted by Gasteiger charge is -2.09. The molecule has 0 aliphatic rings. The fraction of sp³-hybridized carbons (Fsp3) is 0.357. The van der Waals surface area contributed by atoms with Gasteiger partial charge in [-0.3, -0.25) is 4.79 Å². The summed E-state index contributed by atoms with van der Waals surface area (Å²) in [6.07, 6.45) is 2.85. The molecule has 0 spiro atoms. The van der Waals surface area contributed by atoms with Crippen molar-refractivity contribution < 1.29 is 4.79 Å². The molecule has 90 valence electrons. The maximum atomic E-state index is 12.0. The number of hydrogen-bond acceptors (Lipinski definition) is 1. The second kappa shape index (κ2) is 5.04. The fourth-order valence-electron chi connectivity index (χ4n) is 1.77. The number of H-pyrrole nitrogens is 1. The summed E-state index contributed by atoms with van der Waals surface area (Å²) in [5.41, 5.74) is 1.73. The highest BCUT2D eigenvalue weighted by molar-refractivity contribution is 6.06. The molecule has 0 radical (unpaired) electrons. The fourth-order valence-corrected chi connectivity index (χ4v) is 1.77. The SMILES string of the molecule is CCC(C)CNC(=O)c1c[nH]c2ccccc12. The van der Waals surface area contributed by atoms with Gasteiger partial charge in [0.2, 0.25) is 0 Å². The number of fused-ring (bicyclic) bond motifs is 1. The van der Waals surface area contributed by atoms with Crippen molar-refractivity contribution in [2.45, 2.75) is 20.3 Å². The van der Waals surface area contributed by atoms with Crippen LogP contribution in [0.3, 0.4) is 0 Å². The van der Waals surface area contributed by atoms with Gasteiger partial charge in [-0.15, -0.1) is 0 Å². The van der Waals surface area contributed by atoms with E-state index in [4.69, 9.17) is 0 Å². The zero-order valence-electron chi connectivity index (χ0n) is 10.3. The van der Waals surface area contributed by atoms with Crippen LogP contribution in [0.1, 0.15) is 30.6 Å². The third-order valence-electron chi connectivity index (χ3n) is 3.14. The van der Waals surface area contributed by atoms with Crippen LogP contribution in [-0.2, 0) is 0 Å². The second-order valence-corrected chi connectivity index (χ2v) is 4.47. The Hall–Kier alpha value is -1.77. The molecular weight excluding hydrogens is 212 g/mol. The summed E-state index contributed by atoms with van der Waals surface area (Å²) in [5, 5.41) is 3.95. The van der Waals surface area contributed by atoms with E-state index in [0.29, 0.717) is 5.92 Å². The number of benzene rings is 1. The minimum Gasteiger partial charge on any atom is -0.360 e. The van der Waals surface area contributed by atoms with E-state index in [-0.39, 0.29) is 5.91 Å². The van der Waals surface area contributed by atoms with E-state index < -0.39 is 0 Å². The summed E-state index contributed by atoms with van der Waals surface area (Å²) in [7, 11) is 0. The van der Waals surface area contributed by atoms with Crippen molar-refractivity contribution in [1.29, 1.82) is 0 Å². The van der Waals surface area contributed by atoms with Gasteiger partial charge in [0.1, 0.15) is 0 Å². The molecule has 3 nitrogen and oxygen atoms in total. The summed E-state index contributed by atoms with van der Waals surface area (Å²) in [6.45, 7) is 4.99. The number of nitrogens with one attached hydrogen (secondary N) is 2. The molecule has 2 rings (SSSR count). The first-order valence-corrected chi connectivity index (χ1v) is 6.06. The number of amides is 1. The molecule has 17 heavy (non-hydrogen) atoms. The van der Waals surface area contributed by atoms with E-state index in [1.54, 1.807) is 6.20 Å². The Bertz CT molecular complexity index is 516. The largest absolute Gasteiger partial charge is 0.360 e. The number of aromatic nitrogens is 1. The molecule has 2 N–H and O–H groups in total. The smallest absolute Gasteiger partial charge is 0.253 e. The van der Waals surface area contributed by atoms with Crippen LogP contribution in [0.4, 0.5) is 0 Å². The van der Waals surface area contributed by atoms with Gasteiger partial charge < -0.3 is 10.3 Å². The van der Waals surface area contributed by atoms with Crippen LogP contribution >= 0.6 is 0 Å². The Morgan fingerprint density at radius 2 is 2.18 bits per heavy atom. The van der Waals surface area contributed by atoms with Gasteiger partial charge in [0.25, 0.3) is 5.91 Å². The van der Waals surface area contributed by atoms with Crippen molar-refractivity contribution in [3.8, 4) is 0 Å². The van der Waals surface area contributed by atoms with E-state index in [1.807, 2.05) is 24.3 Å². The van der Waals surface area contributed by atoms with Crippen LogP contribution in [-0.4, -0.2) is 17.4 Å². The molecule has 1 heterocycles. The topological polar surface area (TPSA) is 44.9 Å². The van der Waals surface area contributed by atoms with Crippen molar-refractivity contribution in [1.82, 2.24) is 10.3 Å². The minimum absolute atomic E-state index is 0.00255. The van der Waals surface area contributed by atoms with Gasteiger partial charge in [0, 0.05) is 23.6 Å². The molecule has 0 aliphatic heterocycles. The van der Waals surface area contributed by atoms with Crippen molar-refractivity contribution in [2.24, 2.45) is 5.92 Å². The van der Waals surface area contributed by atoms with Gasteiger partial charge in [-0.25, -0.2) is 0 Å². The van der Waals surface area contributed by atoms with E-state index in [9.17, 15) is 4.79 Å². The molecule has 1 amide bonds. The average molecular weight is 230 g/mol. The van der Waals surface area contributed by atoms with Gasteiger partial charge in [0.15, 0.2) is 0 Å². The Balaban J connectivity index is 2.14. The van der Waals surface area contributed by atoms with Gasteiger partial charge >= 0.3 is 0 Å². The molecule has 0 saturated heterocycles. The molecular formula is C14H18N2O. The Labute approximate surface area is 101 Å². The summed E-state index contributed by atoms with van der Waals surface area (Å²) in [4.78, 5) is 15.1. The van der Waals surface area contributed by atoms with Gasteiger partial charge in [-0.05, 0) is 12.0 Å². The number of rotatable bonds is 4. The Morgan fingerprint density at radius 1 is 1.41 bits per heavy atom. The summed E-state index contributed by atoms with van der Waals surface area (Å²) in [6, 6.07) is 7.84.